The minimum absolute atomic E-state index is 0.279. The average Bonchev–Trinajstić information content (AvgIpc) is 2.48. The van der Waals surface area contributed by atoms with E-state index in [-0.39, 0.29) is 12.5 Å². The maximum atomic E-state index is 5.86. The number of anilines is 1. The number of hydrogen-bond acceptors (Lipinski definition) is 5. The van der Waals surface area contributed by atoms with Gasteiger partial charge >= 0.3 is 0 Å². The largest absolute Gasteiger partial charge is 0.473 e. The third-order valence-electron chi connectivity index (χ3n) is 3.19. The zero-order chi connectivity index (χ0) is 17.2. The van der Waals surface area contributed by atoms with Crippen molar-refractivity contribution in [3.63, 3.8) is 0 Å². The van der Waals surface area contributed by atoms with Crippen LogP contribution in [-0.2, 0) is 18.9 Å². The van der Waals surface area contributed by atoms with E-state index in [1.807, 2.05) is 62.9 Å². The molecule has 0 aliphatic rings. The number of para-hydroxylation sites is 1. The lowest BCUT2D eigenvalue weighted by Crippen LogP contribution is -2.46. The molecule has 5 heteroatoms. The Labute approximate surface area is 139 Å². The van der Waals surface area contributed by atoms with E-state index in [2.05, 4.69) is 13.2 Å². The number of ether oxygens (including phenoxy) is 4. The maximum absolute atomic E-state index is 5.86. The van der Waals surface area contributed by atoms with Gasteiger partial charge in [-0.15, -0.1) is 0 Å². The monoisotopic (exact) mass is 321 g/mol. The molecule has 0 fully saturated rings. The highest BCUT2D eigenvalue weighted by Gasteiger charge is 2.25. The minimum atomic E-state index is -0.414. The highest BCUT2D eigenvalue weighted by atomic mass is 16.7. The number of hydrogen-bond donors (Lipinski definition) is 0. The number of benzene rings is 1. The second-order valence-corrected chi connectivity index (χ2v) is 4.95. The van der Waals surface area contributed by atoms with Crippen LogP contribution in [0, 0.1) is 0 Å². The SMILES string of the molecule is C=COC(C)OC(C)N(c1ccccc1)C(C)OC(C)OC=C. The van der Waals surface area contributed by atoms with Gasteiger partial charge in [-0.1, -0.05) is 31.4 Å². The molecular formula is C18H27NO4. The summed E-state index contributed by atoms with van der Waals surface area (Å²) in [4.78, 5) is 2.01. The van der Waals surface area contributed by atoms with E-state index >= 15 is 0 Å². The van der Waals surface area contributed by atoms with Crippen LogP contribution in [0.2, 0.25) is 0 Å². The summed E-state index contributed by atoms with van der Waals surface area (Å²) >= 11 is 0. The van der Waals surface area contributed by atoms with Crippen molar-refractivity contribution in [2.75, 3.05) is 4.90 Å². The summed E-state index contributed by atoms with van der Waals surface area (Å²) in [5.74, 6) is 0. The first-order valence-corrected chi connectivity index (χ1v) is 7.66. The Morgan fingerprint density at radius 1 is 0.826 bits per heavy atom. The van der Waals surface area contributed by atoms with Crippen LogP contribution in [0.1, 0.15) is 27.7 Å². The molecule has 0 aliphatic heterocycles. The first-order chi connectivity index (χ1) is 11.0. The van der Waals surface area contributed by atoms with Crippen molar-refractivity contribution >= 4 is 5.69 Å². The molecule has 0 bridgehead atoms. The number of rotatable bonds is 11. The van der Waals surface area contributed by atoms with Crippen LogP contribution in [0.5, 0.6) is 0 Å². The van der Waals surface area contributed by atoms with Crippen LogP contribution < -0.4 is 4.90 Å². The highest BCUT2D eigenvalue weighted by molar-refractivity contribution is 5.46. The van der Waals surface area contributed by atoms with Crippen LogP contribution in [0.4, 0.5) is 5.69 Å². The standard InChI is InChI=1S/C18H27NO4/c1-7-20-16(5)22-14(3)19(18-12-10-9-11-13-18)15(4)23-17(6)21-8-2/h7-17H,1-2H2,3-6H3. The molecule has 0 saturated heterocycles. The second-order valence-electron chi connectivity index (χ2n) is 4.95. The molecule has 23 heavy (non-hydrogen) atoms. The molecule has 0 aromatic heterocycles. The van der Waals surface area contributed by atoms with Crippen LogP contribution in [-0.4, -0.2) is 25.0 Å². The molecule has 0 saturated carbocycles. The zero-order valence-corrected chi connectivity index (χ0v) is 14.3. The van der Waals surface area contributed by atoms with Gasteiger partial charge in [0.05, 0.1) is 12.5 Å². The first kappa shape index (κ1) is 19.1. The van der Waals surface area contributed by atoms with E-state index in [4.69, 9.17) is 18.9 Å². The lowest BCUT2D eigenvalue weighted by Gasteiger charge is -2.37. The van der Waals surface area contributed by atoms with E-state index in [0.29, 0.717) is 0 Å². The highest BCUT2D eigenvalue weighted by Crippen LogP contribution is 2.22. The lowest BCUT2D eigenvalue weighted by atomic mass is 10.2. The number of nitrogens with zero attached hydrogens (tertiary/aromatic N) is 1. The van der Waals surface area contributed by atoms with Gasteiger partial charge in [0.25, 0.3) is 0 Å². The predicted molar refractivity (Wildman–Crippen MR) is 91.5 cm³/mol. The summed E-state index contributed by atoms with van der Waals surface area (Å²) in [5, 5.41) is 0. The van der Waals surface area contributed by atoms with Gasteiger partial charge in [-0.25, -0.2) is 0 Å². The molecular weight excluding hydrogens is 294 g/mol. The molecule has 0 radical (unpaired) electrons. The van der Waals surface area contributed by atoms with Gasteiger partial charge < -0.3 is 23.8 Å². The van der Waals surface area contributed by atoms with Gasteiger partial charge in [-0.2, -0.15) is 0 Å². The van der Waals surface area contributed by atoms with Gasteiger partial charge in [-0.05, 0) is 39.8 Å². The first-order valence-electron chi connectivity index (χ1n) is 7.66. The summed E-state index contributed by atoms with van der Waals surface area (Å²) in [6.45, 7) is 14.6. The predicted octanol–water partition coefficient (Wildman–Crippen LogP) is 4.23. The molecule has 0 spiro atoms. The normalized spacial score (nSPS) is 15.8. The van der Waals surface area contributed by atoms with E-state index in [9.17, 15) is 0 Å². The Morgan fingerprint density at radius 3 is 1.65 bits per heavy atom. The Hall–Kier alpha value is -1.98. The molecule has 1 rings (SSSR count). The van der Waals surface area contributed by atoms with Crippen molar-refractivity contribution < 1.29 is 18.9 Å². The van der Waals surface area contributed by atoms with Crippen molar-refractivity contribution in [1.82, 2.24) is 0 Å². The molecule has 4 unspecified atom stereocenters. The Balaban J connectivity index is 2.88. The fourth-order valence-corrected chi connectivity index (χ4v) is 2.34. The van der Waals surface area contributed by atoms with Gasteiger partial charge in [0, 0.05) is 5.69 Å². The van der Waals surface area contributed by atoms with E-state index in [1.165, 1.54) is 12.5 Å². The molecule has 4 atom stereocenters. The summed E-state index contributed by atoms with van der Waals surface area (Å²) < 4.78 is 22.2. The Morgan fingerprint density at radius 2 is 1.26 bits per heavy atom. The summed E-state index contributed by atoms with van der Waals surface area (Å²) in [6.07, 6.45) is 1.34. The molecule has 0 heterocycles. The van der Waals surface area contributed by atoms with Gasteiger partial charge in [0.15, 0.2) is 12.6 Å². The van der Waals surface area contributed by atoms with Crippen molar-refractivity contribution in [2.24, 2.45) is 0 Å². The van der Waals surface area contributed by atoms with E-state index < -0.39 is 12.6 Å². The minimum Gasteiger partial charge on any atom is -0.473 e. The molecule has 5 nitrogen and oxygen atoms in total. The molecule has 0 amide bonds. The maximum Gasteiger partial charge on any atom is 0.198 e. The van der Waals surface area contributed by atoms with Crippen LogP contribution >= 0.6 is 0 Å². The Kier molecular flexibility index (Phi) is 8.22. The molecule has 0 aliphatic carbocycles. The zero-order valence-electron chi connectivity index (χ0n) is 14.3. The quantitative estimate of drug-likeness (QED) is 0.450. The van der Waals surface area contributed by atoms with Crippen molar-refractivity contribution in [3.8, 4) is 0 Å². The van der Waals surface area contributed by atoms with Crippen LogP contribution in [0.3, 0.4) is 0 Å². The van der Waals surface area contributed by atoms with Crippen molar-refractivity contribution in [2.45, 2.75) is 52.7 Å². The van der Waals surface area contributed by atoms with Crippen molar-refractivity contribution in [3.05, 3.63) is 56.0 Å². The summed E-state index contributed by atoms with van der Waals surface area (Å²) in [6, 6.07) is 9.89. The topological polar surface area (TPSA) is 40.2 Å². The van der Waals surface area contributed by atoms with Gasteiger partial charge in [0.2, 0.25) is 0 Å². The van der Waals surface area contributed by atoms with E-state index in [0.717, 1.165) is 5.69 Å². The summed E-state index contributed by atoms with van der Waals surface area (Å²) in [5.41, 5.74) is 0.976. The fourth-order valence-electron chi connectivity index (χ4n) is 2.34. The summed E-state index contributed by atoms with van der Waals surface area (Å²) in [7, 11) is 0. The van der Waals surface area contributed by atoms with Crippen LogP contribution in [0.15, 0.2) is 56.0 Å². The fraction of sp³-hybridized carbons (Fsp3) is 0.444. The third kappa shape index (κ3) is 6.34. The third-order valence-corrected chi connectivity index (χ3v) is 3.19. The Bertz CT molecular complexity index is 441. The van der Waals surface area contributed by atoms with E-state index in [1.54, 1.807) is 0 Å². The molecule has 0 N–H and O–H groups in total. The smallest absolute Gasteiger partial charge is 0.198 e. The van der Waals surface area contributed by atoms with Crippen molar-refractivity contribution in [1.29, 1.82) is 0 Å². The second kappa shape index (κ2) is 9.92. The van der Waals surface area contributed by atoms with Gasteiger partial charge in [-0.3, -0.25) is 0 Å². The lowest BCUT2D eigenvalue weighted by molar-refractivity contribution is -0.156. The molecule has 1 aromatic rings. The van der Waals surface area contributed by atoms with Crippen LogP contribution in [0.25, 0.3) is 0 Å². The average molecular weight is 321 g/mol. The molecule has 1 aromatic carbocycles. The molecule has 128 valence electrons. The van der Waals surface area contributed by atoms with Gasteiger partial charge in [0.1, 0.15) is 12.5 Å².